The minimum Gasteiger partial charge on any atom is -0.265 e. The van der Waals surface area contributed by atoms with Crippen molar-refractivity contribution >= 4 is 15.8 Å². The van der Waals surface area contributed by atoms with Crippen LogP contribution in [0.4, 0.5) is 18.9 Å². The molecule has 0 saturated heterocycles. The fourth-order valence-corrected chi connectivity index (χ4v) is 3.12. The van der Waals surface area contributed by atoms with E-state index in [-0.39, 0.29) is 5.56 Å². The molecule has 0 unspecified atom stereocenters. The number of halogens is 3. The van der Waals surface area contributed by atoms with E-state index in [1.54, 1.807) is 6.92 Å². The number of hydrogen-bond donors (Lipinski definition) is 0. The standard InChI is InChI=1S/C16H14F3NO5S/c1-11-5-7-12(8-6-11)15(16(17,18)19)10-25-26(23,24)14-4-2-3-13(9-14)20(21)22/h2-9,15H,10H2,1H3/t15-/m0/s1. The van der Waals surface area contributed by atoms with Gasteiger partial charge in [0.15, 0.2) is 0 Å². The van der Waals surface area contributed by atoms with Gasteiger partial charge in [0.05, 0.1) is 11.5 Å². The number of nitrogens with zero attached hydrogens (tertiary/aromatic N) is 1. The highest BCUT2D eigenvalue weighted by atomic mass is 32.2. The number of nitro groups is 1. The number of rotatable bonds is 6. The zero-order chi connectivity index (χ0) is 19.5. The Morgan fingerprint density at radius 3 is 2.31 bits per heavy atom. The van der Waals surface area contributed by atoms with Crippen molar-refractivity contribution in [2.45, 2.75) is 23.9 Å². The molecule has 6 nitrogen and oxygen atoms in total. The Hall–Kier alpha value is -2.46. The summed E-state index contributed by atoms with van der Waals surface area (Å²) < 4.78 is 68.6. The van der Waals surface area contributed by atoms with E-state index in [0.29, 0.717) is 0 Å². The summed E-state index contributed by atoms with van der Waals surface area (Å²) in [5, 5.41) is 10.7. The van der Waals surface area contributed by atoms with Crippen LogP contribution in [0.25, 0.3) is 0 Å². The van der Waals surface area contributed by atoms with Crippen molar-refractivity contribution < 1.29 is 30.7 Å². The van der Waals surface area contributed by atoms with Crippen LogP contribution in [0.15, 0.2) is 53.4 Å². The molecule has 0 amide bonds. The maximum Gasteiger partial charge on any atom is 0.398 e. The van der Waals surface area contributed by atoms with Crippen LogP contribution < -0.4 is 0 Å². The van der Waals surface area contributed by atoms with Crippen molar-refractivity contribution in [1.82, 2.24) is 0 Å². The van der Waals surface area contributed by atoms with Gasteiger partial charge in [0.25, 0.3) is 15.8 Å². The molecule has 0 heterocycles. The first-order chi connectivity index (χ1) is 12.0. The quantitative estimate of drug-likeness (QED) is 0.424. The highest BCUT2D eigenvalue weighted by Crippen LogP contribution is 2.36. The lowest BCUT2D eigenvalue weighted by atomic mass is 9.98. The van der Waals surface area contributed by atoms with E-state index >= 15 is 0 Å². The average molecular weight is 389 g/mol. The molecule has 0 saturated carbocycles. The molecule has 0 aliphatic rings. The van der Waals surface area contributed by atoms with E-state index in [2.05, 4.69) is 4.18 Å². The molecule has 2 aromatic rings. The molecule has 0 aromatic heterocycles. The first-order valence-electron chi connectivity index (χ1n) is 7.28. The third-order valence-corrected chi connectivity index (χ3v) is 4.86. The molecule has 2 aromatic carbocycles. The molecule has 0 fully saturated rings. The van der Waals surface area contributed by atoms with Gasteiger partial charge in [0, 0.05) is 12.1 Å². The van der Waals surface area contributed by atoms with Crippen LogP contribution in [-0.4, -0.2) is 26.1 Å². The van der Waals surface area contributed by atoms with Gasteiger partial charge >= 0.3 is 6.18 Å². The second-order valence-electron chi connectivity index (χ2n) is 5.50. The van der Waals surface area contributed by atoms with Gasteiger partial charge in [-0.25, -0.2) is 0 Å². The molecule has 0 radical (unpaired) electrons. The Morgan fingerprint density at radius 1 is 1.15 bits per heavy atom. The summed E-state index contributed by atoms with van der Waals surface area (Å²) in [5.41, 5.74) is 0.0951. The van der Waals surface area contributed by atoms with Crippen LogP contribution in [0.1, 0.15) is 17.0 Å². The number of alkyl halides is 3. The molecule has 140 valence electrons. The van der Waals surface area contributed by atoms with E-state index in [1.807, 2.05) is 0 Å². The molecule has 0 aliphatic carbocycles. The van der Waals surface area contributed by atoms with Gasteiger partial charge in [-0.2, -0.15) is 21.6 Å². The van der Waals surface area contributed by atoms with Gasteiger partial charge in [-0.3, -0.25) is 14.3 Å². The van der Waals surface area contributed by atoms with E-state index in [1.165, 1.54) is 24.3 Å². The topological polar surface area (TPSA) is 86.5 Å². The van der Waals surface area contributed by atoms with Crippen LogP contribution in [0.5, 0.6) is 0 Å². The number of hydrogen-bond acceptors (Lipinski definition) is 5. The second-order valence-corrected chi connectivity index (χ2v) is 7.11. The number of benzene rings is 2. The Labute approximate surface area is 147 Å². The fraction of sp³-hybridized carbons (Fsp3) is 0.250. The van der Waals surface area contributed by atoms with Crippen LogP contribution in [0, 0.1) is 17.0 Å². The molecular weight excluding hydrogens is 375 g/mol. The summed E-state index contributed by atoms with van der Waals surface area (Å²) >= 11 is 0. The van der Waals surface area contributed by atoms with Crippen LogP contribution in [0.3, 0.4) is 0 Å². The summed E-state index contributed by atoms with van der Waals surface area (Å²) in [4.78, 5) is 9.31. The summed E-state index contributed by atoms with van der Waals surface area (Å²) in [6.45, 7) is 0.535. The number of non-ortho nitro benzene ring substituents is 1. The monoisotopic (exact) mass is 389 g/mol. The number of nitro benzene ring substituents is 1. The Morgan fingerprint density at radius 2 is 1.77 bits per heavy atom. The zero-order valence-electron chi connectivity index (χ0n) is 13.4. The van der Waals surface area contributed by atoms with Gasteiger partial charge in [0.1, 0.15) is 10.8 Å². The highest BCUT2D eigenvalue weighted by Gasteiger charge is 2.42. The predicted molar refractivity (Wildman–Crippen MR) is 86.2 cm³/mol. The van der Waals surface area contributed by atoms with Crippen molar-refractivity contribution in [3.05, 3.63) is 69.8 Å². The molecule has 0 bridgehead atoms. The fourth-order valence-electron chi connectivity index (χ4n) is 2.16. The smallest absolute Gasteiger partial charge is 0.265 e. The van der Waals surface area contributed by atoms with Gasteiger partial charge < -0.3 is 0 Å². The maximum absolute atomic E-state index is 13.3. The van der Waals surface area contributed by atoms with Crippen LogP contribution >= 0.6 is 0 Å². The first-order valence-corrected chi connectivity index (χ1v) is 8.69. The maximum atomic E-state index is 13.3. The van der Waals surface area contributed by atoms with Crippen molar-refractivity contribution in [1.29, 1.82) is 0 Å². The molecule has 0 spiro atoms. The molecular formula is C16H14F3NO5S. The minimum absolute atomic E-state index is 0.141. The molecule has 10 heteroatoms. The third kappa shape index (κ3) is 4.79. The van der Waals surface area contributed by atoms with E-state index < -0.39 is 44.3 Å². The van der Waals surface area contributed by atoms with Gasteiger partial charge in [0.2, 0.25) is 0 Å². The molecule has 0 N–H and O–H groups in total. The van der Waals surface area contributed by atoms with Crippen LogP contribution in [-0.2, 0) is 14.3 Å². The number of aryl methyl sites for hydroxylation is 1. The van der Waals surface area contributed by atoms with Gasteiger partial charge in [-0.15, -0.1) is 0 Å². The summed E-state index contributed by atoms with van der Waals surface area (Å²) in [6, 6.07) is 9.35. The van der Waals surface area contributed by atoms with Crippen molar-refractivity contribution in [2.24, 2.45) is 0 Å². The van der Waals surface area contributed by atoms with Crippen molar-refractivity contribution in [3.63, 3.8) is 0 Å². The summed E-state index contributed by atoms with van der Waals surface area (Å²) in [7, 11) is -4.59. The molecule has 26 heavy (non-hydrogen) atoms. The third-order valence-electron chi connectivity index (χ3n) is 3.58. The molecule has 0 aliphatic heterocycles. The molecule has 1 atom stereocenters. The lowest BCUT2D eigenvalue weighted by molar-refractivity contribution is -0.385. The Kier molecular flexibility index (Phi) is 5.67. The Balaban J connectivity index is 2.26. The highest BCUT2D eigenvalue weighted by molar-refractivity contribution is 7.86. The lowest BCUT2D eigenvalue weighted by Crippen LogP contribution is -2.26. The van der Waals surface area contributed by atoms with E-state index in [9.17, 15) is 31.7 Å². The predicted octanol–water partition coefficient (Wildman–Crippen LogP) is 3.95. The second kappa shape index (κ2) is 7.42. The lowest BCUT2D eigenvalue weighted by Gasteiger charge is -2.20. The normalized spacial score (nSPS) is 13.4. The van der Waals surface area contributed by atoms with Crippen LogP contribution in [0.2, 0.25) is 0 Å². The minimum atomic E-state index is -4.73. The van der Waals surface area contributed by atoms with E-state index in [0.717, 1.165) is 29.8 Å². The van der Waals surface area contributed by atoms with Gasteiger partial charge in [-0.05, 0) is 18.6 Å². The Bertz CT molecular complexity index is 895. The zero-order valence-corrected chi connectivity index (χ0v) is 14.3. The summed E-state index contributed by atoms with van der Waals surface area (Å²) in [6.07, 6.45) is -4.73. The summed E-state index contributed by atoms with van der Waals surface area (Å²) in [5.74, 6) is -2.16. The molecule has 2 rings (SSSR count). The largest absolute Gasteiger partial charge is 0.398 e. The van der Waals surface area contributed by atoms with E-state index in [4.69, 9.17) is 0 Å². The first kappa shape index (κ1) is 19.9. The SMILES string of the molecule is Cc1ccc([C@H](COS(=O)(=O)c2cccc([N+](=O)[O-])c2)C(F)(F)F)cc1. The van der Waals surface area contributed by atoms with Crippen molar-refractivity contribution in [3.8, 4) is 0 Å². The van der Waals surface area contributed by atoms with Crippen molar-refractivity contribution in [2.75, 3.05) is 6.61 Å². The average Bonchev–Trinajstić information content (AvgIpc) is 2.55. The van der Waals surface area contributed by atoms with Gasteiger partial charge in [-0.1, -0.05) is 35.9 Å².